The van der Waals surface area contributed by atoms with Gasteiger partial charge in [-0.3, -0.25) is 9.89 Å². The first-order valence-electron chi connectivity index (χ1n) is 5.37. The van der Waals surface area contributed by atoms with Gasteiger partial charge in [0.05, 0.1) is 6.04 Å². The Morgan fingerprint density at radius 3 is 2.80 bits per heavy atom. The molecule has 2 heterocycles. The second kappa shape index (κ2) is 5.60. The van der Waals surface area contributed by atoms with Crippen LogP contribution < -0.4 is 10.0 Å². The van der Waals surface area contributed by atoms with Crippen LogP contribution in [-0.2, 0) is 14.8 Å². The van der Waals surface area contributed by atoms with Crippen molar-refractivity contribution in [3.8, 4) is 0 Å². The Morgan fingerprint density at radius 1 is 1.45 bits per heavy atom. The van der Waals surface area contributed by atoms with Crippen LogP contribution >= 0.6 is 11.3 Å². The number of hydrogen-bond donors (Lipinski definition) is 3. The highest BCUT2D eigenvalue weighted by Gasteiger charge is 2.24. The van der Waals surface area contributed by atoms with Crippen molar-refractivity contribution in [3.05, 3.63) is 12.2 Å². The highest BCUT2D eigenvalue weighted by atomic mass is 32.2. The third kappa shape index (κ3) is 3.34. The molecule has 20 heavy (non-hydrogen) atoms. The number of nitrogens with zero attached hydrogens (tertiary/aromatic N) is 4. The molecule has 0 aliphatic carbocycles. The number of hydrogen-bond acceptors (Lipinski definition) is 8. The number of aromatic amines is 1. The molecule has 2 aromatic rings. The van der Waals surface area contributed by atoms with Crippen LogP contribution in [0.5, 0.6) is 0 Å². The number of carbonyl (C=O) groups excluding carboxylic acids is 1. The molecule has 0 spiro atoms. The number of rotatable bonds is 5. The molecule has 0 bridgehead atoms. The standard InChI is InChI=1S/C8H11N7O3S2/c1-4(6-9-3-10-12-6)15-20(17,18)8-14-13-7(19-8)11-5(2)16/h3-4,15H,1-2H3,(H,9,10,12)(H,11,13,16). The molecule has 0 saturated heterocycles. The Kier molecular flexibility index (Phi) is 4.06. The fraction of sp³-hybridized carbons (Fsp3) is 0.375. The summed E-state index contributed by atoms with van der Waals surface area (Å²) in [4.78, 5) is 14.7. The molecule has 1 amide bonds. The molecule has 108 valence electrons. The molecule has 1 atom stereocenters. The van der Waals surface area contributed by atoms with Crippen molar-refractivity contribution in [1.29, 1.82) is 0 Å². The van der Waals surface area contributed by atoms with E-state index >= 15 is 0 Å². The van der Waals surface area contributed by atoms with E-state index in [9.17, 15) is 13.2 Å². The number of H-pyrrole nitrogens is 1. The Hall–Kier alpha value is -1.92. The molecule has 2 rings (SSSR count). The third-order valence-electron chi connectivity index (χ3n) is 2.10. The van der Waals surface area contributed by atoms with Gasteiger partial charge >= 0.3 is 0 Å². The number of amides is 1. The summed E-state index contributed by atoms with van der Waals surface area (Å²) in [5.41, 5.74) is 0. The van der Waals surface area contributed by atoms with Crippen molar-refractivity contribution in [2.24, 2.45) is 0 Å². The molecular formula is C8H11N7O3S2. The van der Waals surface area contributed by atoms with Gasteiger partial charge in [-0.15, -0.1) is 10.2 Å². The van der Waals surface area contributed by atoms with Gasteiger partial charge < -0.3 is 5.32 Å². The van der Waals surface area contributed by atoms with Crippen LogP contribution in [0.4, 0.5) is 5.13 Å². The normalized spacial score (nSPS) is 13.1. The molecule has 0 aromatic carbocycles. The van der Waals surface area contributed by atoms with E-state index < -0.39 is 16.1 Å². The van der Waals surface area contributed by atoms with Crippen molar-refractivity contribution < 1.29 is 13.2 Å². The predicted octanol–water partition coefficient (Wildman–Crippen LogP) is -0.346. The van der Waals surface area contributed by atoms with Gasteiger partial charge in [0.1, 0.15) is 12.2 Å². The van der Waals surface area contributed by atoms with Crippen molar-refractivity contribution in [1.82, 2.24) is 30.1 Å². The molecule has 10 nitrogen and oxygen atoms in total. The minimum absolute atomic E-state index is 0.116. The Bertz CT molecular complexity index is 693. The Balaban J connectivity index is 2.14. The second-order valence-electron chi connectivity index (χ2n) is 3.77. The Morgan fingerprint density at radius 2 is 2.20 bits per heavy atom. The summed E-state index contributed by atoms with van der Waals surface area (Å²) in [6.07, 6.45) is 1.28. The maximum absolute atomic E-state index is 12.1. The lowest BCUT2D eigenvalue weighted by Gasteiger charge is -2.08. The van der Waals surface area contributed by atoms with Gasteiger partial charge in [-0.25, -0.2) is 13.4 Å². The van der Waals surface area contributed by atoms with Gasteiger partial charge in [0, 0.05) is 6.92 Å². The number of sulfonamides is 1. The van der Waals surface area contributed by atoms with E-state index in [-0.39, 0.29) is 15.4 Å². The van der Waals surface area contributed by atoms with E-state index in [1.165, 1.54) is 13.3 Å². The first-order valence-corrected chi connectivity index (χ1v) is 7.67. The summed E-state index contributed by atoms with van der Waals surface area (Å²) in [6, 6.07) is -0.601. The van der Waals surface area contributed by atoms with E-state index in [2.05, 4.69) is 35.4 Å². The van der Waals surface area contributed by atoms with Gasteiger partial charge in [0.15, 0.2) is 0 Å². The summed E-state index contributed by atoms with van der Waals surface area (Å²) in [5.74, 6) is 0.0215. The lowest BCUT2D eigenvalue weighted by atomic mass is 10.3. The van der Waals surface area contributed by atoms with E-state index in [0.717, 1.165) is 11.3 Å². The molecule has 0 radical (unpaired) electrons. The molecule has 0 aliphatic rings. The van der Waals surface area contributed by atoms with Crippen molar-refractivity contribution in [2.45, 2.75) is 24.2 Å². The molecule has 0 fully saturated rings. The second-order valence-corrected chi connectivity index (χ2v) is 6.63. The van der Waals surface area contributed by atoms with Crippen LogP contribution in [0.15, 0.2) is 10.7 Å². The first kappa shape index (κ1) is 14.5. The van der Waals surface area contributed by atoms with Crippen LogP contribution in [0.1, 0.15) is 25.7 Å². The molecule has 3 N–H and O–H groups in total. The van der Waals surface area contributed by atoms with Crippen molar-refractivity contribution in [3.63, 3.8) is 0 Å². The average Bonchev–Trinajstić information content (AvgIpc) is 2.97. The van der Waals surface area contributed by atoms with Gasteiger partial charge in [-0.2, -0.15) is 9.82 Å². The fourth-order valence-corrected chi connectivity index (χ4v) is 3.45. The topological polar surface area (TPSA) is 143 Å². The summed E-state index contributed by atoms with van der Waals surface area (Å²) < 4.78 is 26.3. The van der Waals surface area contributed by atoms with Crippen LogP contribution in [0.25, 0.3) is 0 Å². The molecule has 1 unspecified atom stereocenters. The number of anilines is 1. The highest BCUT2D eigenvalue weighted by Crippen LogP contribution is 2.21. The van der Waals surface area contributed by atoms with Gasteiger partial charge in [0.2, 0.25) is 15.4 Å². The van der Waals surface area contributed by atoms with Gasteiger partial charge in [-0.1, -0.05) is 11.3 Å². The molecular weight excluding hydrogens is 306 g/mol. The van der Waals surface area contributed by atoms with Gasteiger partial charge in [-0.05, 0) is 6.92 Å². The van der Waals surface area contributed by atoms with Crippen molar-refractivity contribution >= 4 is 32.4 Å². The Labute approximate surface area is 118 Å². The molecule has 2 aromatic heterocycles. The summed E-state index contributed by atoms with van der Waals surface area (Å²) in [6.45, 7) is 2.90. The molecule has 0 aliphatic heterocycles. The largest absolute Gasteiger partial charge is 0.301 e. The van der Waals surface area contributed by atoms with Gasteiger partial charge in [0.25, 0.3) is 10.0 Å². The summed E-state index contributed by atoms with van der Waals surface area (Å²) in [7, 11) is -3.84. The zero-order valence-electron chi connectivity index (χ0n) is 10.5. The summed E-state index contributed by atoms with van der Waals surface area (Å²) >= 11 is 0.757. The zero-order chi connectivity index (χ0) is 14.8. The first-order chi connectivity index (χ1) is 9.38. The van der Waals surface area contributed by atoms with Crippen molar-refractivity contribution in [2.75, 3.05) is 5.32 Å². The minimum atomic E-state index is -3.84. The summed E-state index contributed by atoms with van der Waals surface area (Å²) in [5, 5.41) is 15.8. The van der Waals surface area contributed by atoms with E-state index in [1.807, 2.05) is 0 Å². The van der Waals surface area contributed by atoms with Crippen LogP contribution in [0, 0.1) is 0 Å². The predicted molar refractivity (Wildman–Crippen MR) is 69.3 cm³/mol. The van der Waals surface area contributed by atoms with Crippen LogP contribution in [0.2, 0.25) is 0 Å². The SMILES string of the molecule is CC(=O)Nc1nnc(S(=O)(=O)NC(C)c2ncn[nH]2)s1. The maximum atomic E-state index is 12.1. The van der Waals surface area contributed by atoms with Crippen LogP contribution in [-0.4, -0.2) is 39.7 Å². The lowest BCUT2D eigenvalue weighted by molar-refractivity contribution is -0.114. The quantitative estimate of drug-likeness (QED) is 0.640. The lowest BCUT2D eigenvalue weighted by Crippen LogP contribution is -2.27. The monoisotopic (exact) mass is 317 g/mol. The maximum Gasteiger partial charge on any atom is 0.270 e. The van der Waals surface area contributed by atoms with Crippen LogP contribution in [0.3, 0.4) is 0 Å². The number of nitrogens with one attached hydrogen (secondary N) is 3. The molecule has 0 saturated carbocycles. The molecule has 12 heteroatoms. The smallest absolute Gasteiger partial charge is 0.270 e. The highest BCUT2D eigenvalue weighted by molar-refractivity contribution is 7.91. The number of carbonyl (C=O) groups is 1. The average molecular weight is 317 g/mol. The third-order valence-corrected chi connectivity index (χ3v) is 4.84. The minimum Gasteiger partial charge on any atom is -0.301 e. The van der Waals surface area contributed by atoms with E-state index in [4.69, 9.17) is 0 Å². The fourth-order valence-electron chi connectivity index (χ4n) is 1.28. The van der Waals surface area contributed by atoms with E-state index in [1.54, 1.807) is 6.92 Å². The zero-order valence-corrected chi connectivity index (χ0v) is 12.1. The van der Waals surface area contributed by atoms with E-state index in [0.29, 0.717) is 5.82 Å². The number of aromatic nitrogens is 5.